The zero-order valence-electron chi connectivity index (χ0n) is 22.2. The van der Waals surface area contributed by atoms with Gasteiger partial charge in [-0.2, -0.15) is 4.98 Å². The molecule has 0 bridgehead atoms. The molecule has 0 spiro atoms. The third-order valence-electron chi connectivity index (χ3n) is 6.23. The second-order valence-electron chi connectivity index (χ2n) is 10.7. The molecule has 1 amide bonds. The van der Waals surface area contributed by atoms with Crippen molar-refractivity contribution in [2.75, 3.05) is 24.5 Å². The van der Waals surface area contributed by atoms with Crippen LogP contribution in [0.15, 0.2) is 23.1 Å². The summed E-state index contributed by atoms with van der Waals surface area (Å²) < 4.78 is 7.02. The van der Waals surface area contributed by atoms with Crippen molar-refractivity contribution >= 4 is 46.1 Å². The van der Waals surface area contributed by atoms with Gasteiger partial charge in [0.15, 0.2) is 5.65 Å². The van der Waals surface area contributed by atoms with Gasteiger partial charge in [0.05, 0.1) is 21.8 Å². The Hall–Kier alpha value is -2.91. The van der Waals surface area contributed by atoms with E-state index in [0.29, 0.717) is 42.2 Å². The van der Waals surface area contributed by atoms with Crippen LogP contribution in [0.1, 0.15) is 58.7 Å². The highest BCUT2D eigenvalue weighted by atomic mass is 35.5. The van der Waals surface area contributed by atoms with Gasteiger partial charge >= 0.3 is 11.8 Å². The van der Waals surface area contributed by atoms with Crippen molar-refractivity contribution in [3.05, 3.63) is 50.2 Å². The molecule has 0 aliphatic carbocycles. The van der Waals surface area contributed by atoms with Crippen LogP contribution < -0.4 is 10.6 Å². The van der Waals surface area contributed by atoms with Crippen LogP contribution in [0.2, 0.25) is 10.2 Å². The number of aryl methyl sites for hydroxylation is 1. The first-order valence-corrected chi connectivity index (χ1v) is 13.0. The Morgan fingerprint density at radius 3 is 2.51 bits per heavy atom. The largest absolute Gasteiger partial charge is 0.444 e. The minimum absolute atomic E-state index is 0.0558. The van der Waals surface area contributed by atoms with E-state index >= 15 is 0 Å². The van der Waals surface area contributed by atoms with Crippen LogP contribution in [0.25, 0.3) is 16.7 Å². The molecule has 0 saturated carbocycles. The Morgan fingerprint density at radius 2 is 1.89 bits per heavy atom. The highest BCUT2D eigenvalue weighted by Gasteiger charge is 2.32. The monoisotopic (exact) mass is 546 g/mol. The van der Waals surface area contributed by atoms with Gasteiger partial charge in [0.25, 0.3) is 0 Å². The second-order valence-corrected chi connectivity index (χ2v) is 11.4. The molecule has 4 rings (SSSR count). The van der Waals surface area contributed by atoms with E-state index in [4.69, 9.17) is 27.9 Å². The van der Waals surface area contributed by atoms with E-state index in [1.807, 2.05) is 59.4 Å². The van der Waals surface area contributed by atoms with E-state index in [0.717, 1.165) is 11.3 Å². The molecule has 1 fully saturated rings. The molecule has 1 aliphatic heterocycles. The second kappa shape index (κ2) is 10.1. The topological polar surface area (TPSA) is 93.5 Å². The Bertz CT molecular complexity index is 1420. The molecule has 1 aliphatic rings. The number of hydrogen-bond donors (Lipinski definition) is 0. The van der Waals surface area contributed by atoms with Crippen molar-refractivity contribution < 1.29 is 9.53 Å². The van der Waals surface area contributed by atoms with Gasteiger partial charge in [-0.1, -0.05) is 37.0 Å². The standard InChI is InChI=1S/C26H32Cl2N6O3/c1-14(2)19-20(15(3)8-9-29-19)34-23-17(12-18(27)21(28)30-23)22(31-24(34)35)33-11-10-32(13-16(33)4)25(36)37-26(5,6)7/h8-9,12,14,16H,10-11,13H2,1-7H3/t16-/m0/s1. The average molecular weight is 547 g/mol. The number of halogens is 2. The molecular weight excluding hydrogens is 515 g/mol. The molecule has 0 N–H and O–H groups in total. The lowest BCUT2D eigenvalue weighted by Gasteiger charge is -2.41. The molecule has 37 heavy (non-hydrogen) atoms. The Balaban J connectivity index is 1.85. The van der Waals surface area contributed by atoms with Crippen LogP contribution in [0.3, 0.4) is 0 Å². The quantitative estimate of drug-likeness (QED) is 0.408. The maximum Gasteiger partial charge on any atom is 0.410 e. The van der Waals surface area contributed by atoms with Gasteiger partial charge in [0.1, 0.15) is 16.6 Å². The number of amides is 1. The van der Waals surface area contributed by atoms with E-state index in [1.165, 1.54) is 4.57 Å². The van der Waals surface area contributed by atoms with Crippen molar-refractivity contribution in [3.63, 3.8) is 0 Å². The van der Waals surface area contributed by atoms with Gasteiger partial charge in [-0.25, -0.2) is 19.1 Å². The molecule has 4 heterocycles. The summed E-state index contributed by atoms with van der Waals surface area (Å²) in [6.45, 7) is 14.7. The normalized spacial score (nSPS) is 16.5. The number of fused-ring (bicyclic) bond motifs is 1. The van der Waals surface area contributed by atoms with E-state index in [1.54, 1.807) is 17.2 Å². The maximum absolute atomic E-state index is 13.7. The first-order chi connectivity index (χ1) is 17.3. The first-order valence-electron chi connectivity index (χ1n) is 12.3. The third kappa shape index (κ3) is 5.38. The summed E-state index contributed by atoms with van der Waals surface area (Å²) in [6, 6.07) is 3.40. The number of carbonyl (C=O) groups is 1. The zero-order valence-corrected chi connectivity index (χ0v) is 23.7. The predicted octanol–water partition coefficient (Wildman–Crippen LogP) is 5.36. The number of rotatable bonds is 3. The molecule has 0 unspecified atom stereocenters. The van der Waals surface area contributed by atoms with Gasteiger partial charge in [0, 0.05) is 31.9 Å². The number of piperazine rings is 1. The van der Waals surface area contributed by atoms with Gasteiger partial charge in [-0.05, 0) is 58.2 Å². The van der Waals surface area contributed by atoms with Gasteiger partial charge in [0.2, 0.25) is 0 Å². The number of carbonyl (C=O) groups excluding carboxylic acids is 1. The van der Waals surface area contributed by atoms with E-state index in [9.17, 15) is 9.59 Å². The number of hydrogen-bond acceptors (Lipinski definition) is 7. The summed E-state index contributed by atoms with van der Waals surface area (Å²) in [6.07, 6.45) is 1.36. The first kappa shape index (κ1) is 27.1. The van der Waals surface area contributed by atoms with Crippen LogP contribution in [0.4, 0.5) is 10.6 Å². The van der Waals surface area contributed by atoms with E-state index in [-0.39, 0.29) is 28.2 Å². The van der Waals surface area contributed by atoms with Crippen molar-refractivity contribution in [3.8, 4) is 5.69 Å². The zero-order chi connectivity index (χ0) is 27.2. The Kier molecular flexibility index (Phi) is 7.41. The fraction of sp³-hybridized carbons (Fsp3) is 0.500. The summed E-state index contributed by atoms with van der Waals surface area (Å²) in [7, 11) is 0. The fourth-order valence-corrected chi connectivity index (χ4v) is 4.84. The number of nitrogens with zero attached hydrogens (tertiary/aromatic N) is 6. The highest BCUT2D eigenvalue weighted by molar-refractivity contribution is 6.41. The van der Waals surface area contributed by atoms with Gasteiger partial charge in [-0.15, -0.1) is 0 Å². The third-order valence-corrected chi connectivity index (χ3v) is 6.91. The number of pyridine rings is 2. The average Bonchev–Trinajstić information content (AvgIpc) is 2.79. The maximum atomic E-state index is 13.7. The summed E-state index contributed by atoms with van der Waals surface area (Å²) in [5.74, 6) is 0.506. The SMILES string of the molecule is Cc1ccnc(C(C)C)c1-n1c(=O)nc(N2CCN(C(=O)OC(C)(C)C)C[C@@H]2C)c2cc(Cl)c(Cl)nc21. The lowest BCUT2D eigenvalue weighted by atomic mass is 10.0. The Morgan fingerprint density at radius 1 is 1.19 bits per heavy atom. The minimum Gasteiger partial charge on any atom is -0.444 e. The summed E-state index contributed by atoms with van der Waals surface area (Å²) in [4.78, 5) is 43.6. The van der Waals surface area contributed by atoms with Crippen LogP contribution in [-0.2, 0) is 4.74 Å². The van der Waals surface area contributed by atoms with Crippen LogP contribution in [0, 0.1) is 6.92 Å². The lowest BCUT2D eigenvalue weighted by molar-refractivity contribution is 0.0218. The van der Waals surface area contributed by atoms with Crippen molar-refractivity contribution in [2.24, 2.45) is 0 Å². The molecule has 0 radical (unpaired) electrons. The van der Waals surface area contributed by atoms with Crippen molar-refractivity contribution in [1.82, 2.24) is 24.4 Å². The molecule has 1 atom stereocenters. The highest BCUT2D eigenvalue weighted by Crippen LogP contribution is 2.33. The smallest absolute Gasteiger partial charge is 0.410 e. The minimum atomic E-state index is -0.583. The van der Waals surface area contributed by atoms with Crippen LogP contribution in [0.5, 0.6) is 0 Å². The summed E-state index contributed by atoms with van der Waals surface area (Å²) >= 11 is 12.8. The van der Waals surface area contributed by atoms with Crippen LogP contribution >= 0.6 is 23.2 Å². The molecule has 11 heteroatoms. The molecular formula is C26H32Cl2N6O3. The predicted molar refractivity (Wildman–Crippen MR) is 146 cm³/mol. The van der Waals surface area contributed by atoms with Crippen molar-refractivity contribution in [2.45, 2.75) is 66.0 Å². The number of anilines is 1. The lowest BCUT2D eigenvalue weighted by Crippen LogP contribution is -2.55. The van der Waals surface area contributed by atoms with Crippen molar-refractivity contribution in [1.29, 1.82) is 0 Å². The van der Waals surface area contributed by atoms with Gasteiger partial charge in [-0.3, -0.25) is 4.98 Å². The molecule has 198 valence electrons. The number of aromatic nitrogens is 4. The molecule has 0 aromatic carbocycles. The molecule has 3 aromatic rings. The molecule has 9 nitrogen and oxygen atoms in total. The molecule has 1 saturated heterocycles. The summed E-state index contributed by atoms with van der Waals surface area (Å²) in [5.41, 5.74) is 1.53. The number of ether oxygens (including phenoxy) is 1. The fourth-order valence-electron chi connectivity index (χ4n) is 4.55. The molecule has 3 aromatic heterocycles. The van der Waals surface area contributed by atoms with E-state index in [2.05, 4.69) is 15.0 Å². The Labute approximate surface area is 226 Å². The van der Waals surface area contributed by atoms with Gasteiger partial charge < -0.3 is 14.5 Å². The van der Waals surface area contributed by atoms with E-state index < -0.39 is 11.3 Å². The summed E-state index contributed by atoms with van der Waals surface area (Å²) in [5, 5.41) is 0.939. The van der Waals surface area contributed by atoms with Crippen LogP contribution in [-0.4, -0.2) is 61.8 Å².